The number of fused-ring (bicyclic) bond motifs is 9. The third-order valence-corrected chi connectivity index (χ3v) is 9.82. The van der Waals surface area contributed by atoms with Crippen LogP contribution in [0.5, 0.6) is 0 Å². The third kappa shape index (κ3) is 3.86. The van der Waals surface area contributed by atoms with E-state index in [9.17, 15) is 0 Å². The van der Waals surface area contributed by atoms with E-state index in [0.717, 1.165) is 16.3 Å². The maximum atomic E-state index is 4.67. The lowest BCUT2D eigenvalue weighted by atomic mass is 9.93. The van der Waals surface area contributed by atoms with Gasteiger partial charge in [0.2, 0.25) is 0 Å². The van der Waals surface area contributed by atoms with Gasteiger partial charge in [0, 0.05) is 37.1 Å². The summed E-state index contributed by atoms with van der Waals surface area (Å²) in [6, 6.07) is 48.5. The Labute approximate surface area is 252 Å². The van der Waals surface area contributed by atoms with Crippen molar-refractivity contribution in [2.24, 2.45) is 0 Å². The molecule has 0 fully saturated rings. The molecule has 9 rings (SSSR count). The molecule has 0 atom stereocenters. The van der Waals surface area contributed by atoms with E-state index in [1.165, 1.54) is 69.7 Å². The van der Waals surface area contributed by atoms with Crippen molar-refractivity contribution < 1.29 is 0 Å². The number of benzene rings is 7. The predicted octanol–water partition coefficient (Wildman–Crippen LogP) is 11.3. The van der Waals surface area contributed by atoms with Crippen LogP contribution in [0.3, 0.4) is 0 Å². The molecule has 2 heterocycles. The minimum Gasteiger partial charge on any atom is -0.244 e. The van der Waals surface area contributed by atoms with E-state index in [1.807, 2.05) is 17.5 Å². The molecule has 7 aromatic carbocycles. The minimum atomic E-state index is 0.995. The molecule has 200 valence electrons. The summed E-state index contributed by atoms with van der Waals surface area (Å²) in [5.74, 6) is 0. The van der Waals surface area contributed by atoms with Crippen LogP contribution in [0.4, 0.5) is 0 Å². The lowest BCUT2D eigenvalue weighted by Gasteiger charge is -2.12. The Morgan fingerprint density at radius 2 is 1.05 bits per heavy atom. The highest BCUT2D eigenvalue weighted by molar-refractivity contribution is 7.26. The third-order valence-electron chi connectivity index (χ3n) is 8.60. The first-order valence-electron chi connectivity index (χ1n) is 14.5. The molecule has 0 aliphatic rings. The van der Waals surface area contributed by atoms with Crippen molar-refractivity contribution >= 4 is 64.0 Å². The molecule has 0 aliphatic heterocycles. The summed E-state index contributed by atoms with van der Waals surface area (Å²) < 4.78 is 2.67. The second-order valence-corrected chi connectivity index (χ2v) is 12.1. The Balaban J connectivity index is 1.17. The van der Waals surface area contributed by atoms with Crippen molar-refractivity contribution in [3.63, 3.8) is 0 Å². The van der Waals surface area contributed by atoms with Gasteiger partial charge in [0.25, 0.3) is 0 Å². The van der Waals surface area contributed by atoms with E-state index >= 15 is 0 Å². The van der Waals surface area contributed by atoms with Gasteiger partial charge in [-0.3, -0.25) is 0 Å². The Morgan fingerprint density at radius 3 is 1.88 bits per heavy atom. The largest absolute Gasteiger partial charge is 0.244 e. The van der Waals surface area contributed by atoms with Crippen molar-refractivity contribution in [3.8, 4) is 33.4 Å². The maximum Gasteiger partial charge on any atom is 0.116 e. The normalized spacial score (nSPS) is 11.7. The van der Waals surface area contributed by atoms with Gasteiger partial charge < -0.3 is 0 Å². The summed E-state index contributed by atoms with van der Waals surface area (Å²) in [7, 11) is 0. The van der Waals surface area contributed by atoms with Gasteiger partial charge in [-0.1, -0.05) is 109 Å². The van der Waals surface area contributed by atoms with Crippen LogP contribution in [0.1, 0.15) is 0 Å². The molecule has 0 saturated heterocycles. The van der Waals surface area contributed by atoms with Crippen LogP contribution in [-0.2, 0) is 0 Å². The lowest BCUT2D eigenvalue weighted by molar-refractivity contribution is 1.23. The molecule has 0 aliphatic carbocycles. The molecule has 3 heteroatoms. The Bertz CT molecular complexity index is 2490. The first kappa shape index (κ1) is 24.2. The minimum absolute atomic E-state index is 0.995. The van der Waals surface area contributed by atoms with Crippen molar-refractivity contribution in [2.45, 2.75) is 0 Å². The molecule has 43 heavy (non-hydrogen) atoms. The number of thiophene rings is 1. The average molecular weight is 565 g/mol. The summed E-state index contributed by atoms with van der Waals surface area (Å²) >= 11 is 1.88. The molecule has 0 unspecified atom stereocenters. The van der Waals surface area contributed by atoms with E-state index in [-0.39, 0.29) is 0 Å². The number of nitrogens with zero attached hydrogens (tertiary/aromatic N) is 2. The molecular weight excluding hydrogens is 541 g/mol. The van der Waals surface area contributed by atoms with Crippen LogP contribution in [0.2, 0.25) is 0 Å². The van der Waals surface area contributed by atoms with Gasteiger partial charge in [-0.05, 0) is 73.8 Å². The number of hydrogen-bond acceptors (Lipinski definition) is 3. The topological polar surface area (TPSA) is 25.8 Å². The zero-order valence-corrected chi connectivity index (χ0v) is 24.0. The van der Waals surface area contributed by atoms with E-state index in [1.54, 1.807) is 6.33 Å². The molecular formula is C40H24N2S. The molecule has 9 aromatic rings. The highest BCUT2D eigenvalue weighted by Crippen LogP contribution is 2.41. The standard InChI is InChI=1S/C40H24N2S/c1-2-14-34-31(12-1)32-19-18-28(22-36(32)37-23-41-24-42-39(34)37)26-9-5-8-25(20-26)27-10-6-11-29(21-27)30-15-7-16-35-33-13-3-4-17-38(33)43-40(30)35/h1-24H. The highest BCUT2D eigenvalue weighted by Gasteiger charge is 2.13. The summed E-state index contributed by atoms with van der Waals surface area (Å²) in [5, 5.41) is 8.51. The summed E-state index contributed by atoms with van der Waals surface area (Å²) in [4.78, 5) is 9.05. The number of aromatic nitrogens is 2. The van der Waals surface area contributed by atoms with Crippen LogP contribution in [0.25, 0.3) is 86.0 Å². The van der Waals surface area contributed by atoms with Crippen LogP contribution >= 0.6 is 11.3 Å². The van der Waals surface area contributed by atoms with Gasteiger partial charge in [0.05, 0.1) is 5.52 Å². The zero-order chi connectivity index (χ0) is 28.3. The first-order chi connectivity index (χ1) is 21.3. The molecule has 0 bridgehead atoms. The fourth-order valence-electron chi connectivity index (χ4n) is 6.57. The van der Waals surface area contributed by atoms with Gasteiger partial charge in [0.1, 0.15) is 6.33 Å². The van der Waals surface area contributed by atoms with Crippen molar-refractivity contribution in [3.05, 3.63) is 146 Å². The molecule has 0 amide bonds. The summed E-state index contributed by atoms with van der Waals surface area (Å²) in [6.07, 6.45) is 3.59. The van der Waals surface area contributed by atoms with E-state index in [2.05, 4.69) is 143 Å². The summed E-state index contributed by atoms with van der Waals surface area (Å²) in [5.41, 5.74) is 8.31. The molecule has 0 saturated carbocycles. The van der Waals surface area contributed by atoms with Crippen LogP contribution in [0.15, 0.2) is 146 Å². The van der Waals surface area contributed by atoms with E-state index < -0.39 is 0 Å². The Kier molecular flexibility index (Phi) is 5.40. The van der Waals surface area contributed by atoms with Gasteiger partial charge in [0.15, 0.2) is 0 Å². The Morgan fingerprint density at radius 1 is 0.419 bits per heavy atom. The summed E-state index contributed by atoms with van der Waals surface area (Å²) in [6.45, 7) is 0. The van der Waals surface area contributed by atoms with Crippen molar-refractivity contribution in [2.75, 3.05) is 0 Å². The lowest BCUT2D eigenvalue weighted by Crippen LogP contribution is -1.88. The second kappa shape index (κ2) is 9.59. The SMILES string of the molecule is c1cc(-c2cccc(-c3cccc4c3sc3ccccc34)c2)cc(-c2ccc3c4ccccc4c4ncncc4c3c2)c1. The smallest absolute Gasteiger partial charge is 0.116 e. The van der Waals surface area contributed by atoms with Gasteiger partial charge in [-0.15, -0.1) is 11.3 Å². The predicted molar refractivity (Wildman–Crippen MR) is 184 cm³/mol. The second-order valence-electron chi connectivity index (χ2n) is 11.0. The average Bonchev–Trinajstić information content (AvgIpc) is 3.47. The Hall–Kier alpha value is -5.38. The van der Waals surface area contributed by atoms with Crippen LogP contribution < -0.4 is 0 Å². The fraction of sp³-hybridized carbons (Fsp3) is 0. The molecule has 2 aromatic heterocycles. The highest BCUT2D eigenvalue weighted by atomic mass is 32.1. The number of rotatable bonds is 3. The van der Waals surface area contributed by atoms with Crippen LogP contribution in [0, 0.1) is 0 Å². The van der Waals surface area contributed by atoms with Gasteiger partial charge in [-0.2, -0.15) is 0 Å². The fourth-order valence-corrected chi connectivity index (χ4v) is 7.80. The van der Waals surface area contributed by atoms with E-state index in [0.29, 0.717) is 0 Å². The quantitative estimate of drug-likeness (QED) is 0.199. The van der Waals surface area contributed by atoms with Crippen molar-refractivity contribution in [1.29, 1.82) is 0 Å². The monoisotopic (exact) mass is 564 g/mol. The maximum absolute atomic E-state index is 4.67. The molecule has 0 spiro atoms. The van der Waals surface area contributed by atoms with Gasteiger partial charge >= 0.3 is 0 Å². The molecule has 2 nitrogen and oxygen atoms in total. The van der Waals surface area contributed by atoms with Gasteiger partial charge in [-0.25, -0.2) is 9.97 Å². The zero-order valence-electron chi connectivity index (χ0n) is 23.2. The van der Waals surface area contributed by atoms with Crippen LogP contribution in [-0.4, -0.2) is 9.97 Å². The van der Waals surface area contributed by atoms with Crippen molar-refractivity contribution in [1.82, 2.24) is 9.97 Å². The molecule has 0 radical (unpaired) electrons. The molecule has 0 N–H and O–H groups in total. The first-order valence-corrected chi connectivity index (χ1v) is 15.3. The number of hydrogen-bond donors (Lipinski definition) is 0. The van der Waals surface area contributed by atoms with E-state index in [4.69, 9.17) is 0 Å².